The summed E-state index contributed by atoms with van der Waals surface area (Å²) < 4.78 is 34.2. The summed E-state index contributed by atoms with van der Waals surface area (Å²) in [5, 5.41) is 16.2. The van der Waals surface area contributed by atoms with E-state index in [1.54, 1.807) is 37.5 Å². The SMILES string of the molecule is Cn1ccc(C(=O)Nc2cc(C#N)ccc2N2CCC(Oc3ccc(F)cc3F)CC2)n1. The maximum absolute atomic E-state index is 13.9. The topological polar surface area (TPSA) is 83.2 Å². The van der Waals surface area contributed by atoms with Gasteiger partial charge in [-0.1, -0.05) is 0 Å². The number of benzene rings is 2. The van der Waals surface area contributed by atoms with Crippen LogP contribution in [0.25, 0.3) is 0 Å². The number of nitrogens with zero attached hydrogens (tertiary/aromatic N) is 4. The molecule has 164 valence electrons. The number of amides is 1. The molecule has 7 nitrogen and oxygen atoms in total. The Morgan fingerprint density at radius 3 is 2.62 bits per heavy atom. The number of piperidine rings is 1. The van der Waals surface area contributed by atoms with Crippen molar-refractivity contribution < 1.29 is 18.3 Å². The van der Waals surface area contributed by atoms with Gasteiger partial charge in [-0.25, -0.2) is 8.78 Å². The Morgan fingerprint density at radius 1 is 1.19 bits per heavy atom. The number of ether oxygens (including phenoxy) is 1. The number of nitrogens with one attached hydrogen (secondary N) is 1. The van der Waals surface area contributed by atoms with Crippen LogP contribution in [0.15, 0.2) is 48.7 Å². The van der Waals surface area contributed by atoms with Gasteiger partial charge in [0.15, 0.2) is 17.3 Å². The van der Waals surface area contributed by atoms with Gasteiger partial charge in [0.1, 0.15) is 11.9 Å². The number of rotatable bonds is 5. The number of aromatic nitrogens is 2. The highest BCUT2D eigenvalue weighted by Gasteiger charge is 2.24. The van der Waals surface area contributed by atoms with E-state index >= 15 is 0 Å². The fourth-order valence-corrected chi connectivity index (χ4v) is 3.67. The fourth-order valence-electron chi connectivity index (χ4n) is 3.67. The quantitative estimate of drug-likeness (QED) is 0.655. The van der Waals surface area contributed by atoms with Gasteiger partial charge in [-0.3, -0.25) is 9.48 Å². The van der Waals surface area contributed by atoms with Crippen molar-refractivity contribution in [2.45, 2.75) is 18.9 Å². The highest BCUT2D eigenvalue weighted by Crippen LogP contribution is 2.31. The lowest BCUT2D eigenvalue weighted by Crippen LogP contribution is -2.38. The molecule has 1 aliphatic heterocycles. The lowest BCUT2D eigenvalue weighted by atomic mass is 10.1. The Hall–Kier alpha value is -3.93. The lowest BCUT2D eigenvalue weighted by molar-refractivity contribution is 0.102. The zero-order valence-electron chi connectivity index (χ0n) is 17.4. The summed E-state index contributed by atoms with van der Waals surface area (Å²) in [6, 6.07) is 12.1. The van der Waals surface area contributed by atoms with E-state index < -0.39 is 11.6 Å². The molecule has 1 N–H and O–H groups in total. The van der Waals surface area contributed by atoms with Gasteiger partial charge in [-0.15, -0.1) is 0 Å². The number of hydrogen-bond donors (Lipinski definition) is 1. The first kappa shape index (κ1) is 21.3. The second-order valence-corrected chi connectivity index (χ2v) is 7.55. The minimum Gasteiger partial charge on any atom is -0.487 e. The molecule has 1 fully saturated rings. The molecule has 3 aromatic rings. The Morgan fingerprint density at radius 2 is 1.97 bits per heavy atom. The molecular weight excluding hydrogens is 416 g/mol. The van der Waals surface area contributed by atoms with Crippen LogP contribution in [0.2, 0.25) is 0 Å². The van der Waals surface area contributed by atoms with Crippen molar-refractivity contribution in [1.82, 2.24) is 9.78 Å². The number of hydrogen-bond acceptors (Lipinski definition) is 5. The fraction of sp³-hybridized carbons (Fsp3) is 0.261. The van der Waals surface area contributed by atoms with Crippen LogP contribution in [0, 0.1) is 23.0 Å². The zero-order valence-corrected chi connectivity index (χ0v) is 17.4. The van der Waals surface area contributed by atoms with Gasteiger partial charge in [-0.05, 0) is 36.4 Å². The van der Waals surface area contributed by atoms with Gasteiger partial charge in [0.25, 0.3) is 5.91 Å². The first-order valence-electron chi connectivity index (χ1n) is 10.1. The molecule has 0 radical (unpaired) electrons. The number of carbonyl (C=O) groups excluding carboxylic acids is 1. The number of carbonyl (C=O) groups is 1. The largest absolute Gasteiger partial charge is 0.487 e. The predicted molar refractivity (Wildman–Crippen MR) is 115 cm³/mol. The number of anilines is 2. The molecule has 0 bridgehead atoms. The average molecular weight is 437 g/mol. The molecule has 1 aromatic heterocycles. The van der Waals surface area contributed by atoms with Gasteiger partial charge < -0.3 is 15.0 Å². The van der Waals surface area contributed by atoms with E-state index in [2.05, 4.69) is 21.4 Å². The average Bonchev–Trinajstić information content (AvgIpc) is 3.23. The van der Waals surface area contributed by atoms with Crippen LogP contribution in [0.5, 0.6) is 5.75 Å². The van der Waals surface area contributed by atoms with Crippen LogP contribution < -0.4 is 15.0 Å². The van der Waals surface area contributed by atoms with Gasteiger partial charge in [-0.2, -0.15) is 10.4 Å². The van der Waals surface area contributed by atoms with E-state index in [0.29, 0.717) is 37.2 Å². The van der Waals surface area contributed by atoms with E-state index in [1.807, 2.05) is 0 Å². The minimum absolute atomic E-state index is 0.0338. The van der Waals surface area contributed by atoms with Crippen molar-refractivity contribution in [2.24, 2.45) is 7.05 Å². The molecule has 9 heteroatoms. The summed E-state index contributed by atoms with van der Waals surface area (Å²) in [4.78, 5) is 14.7. The Balaban J connectivity index is 1.46. The first-order valence-corrected chi connectivity index (χ1v) is 10.1. The summed E-state index contributed by atoms with van der Waals surface area (Å²) >= 11 is 0. The summed E-state index contributed by atoms with van der Waals surface area (Å²) in [5.74, 6) is -1.71. The minimum atomic E-state index is -0.723. The highest BCUT2D eigenvalue weighted by molar-refractivity contribution is 6.04. The molecule has 1 saturated heterocycles. The standard InChI is InChI=1S/C23H21F2N5O2/c1-29-9-8-19(28-29)23(31)27-20-12-15(14-26)2-4-21(20)30-10-6-17(7-11-30)32-22-5-3-16(24)13-18(22)25/h2-5,8-9,12-13,17H,6-7,10-11H2,1H3,(H,27,31). The maximum atomic E-state index is 13.9. The lowest BCUT2D eigenvalue weighted by Gasteiger charge is -2.34. The van der Waals surface area contributed by atoms with E-state index in [0.717, 1.165) is 11.8 Å². The second kappa shape index (κ2) is 9.06. The van der Waals surface area contributed by atoms with Crippen molar-refractivity contribution in [2.75, 3.05) is 23.3 Å². The van der Waals surface area contributed by atoms with E-state index in [4.69, 9.17) is 4.74 Å². The van der Waals surface area contributed by atoms with Gasteiger partial charge >= 0.3 is 0 Å². The summed E-state index contributed by atoms with van der Waals surface area (Å²) in [5.41, 5.74) is 1.99. The van der Waals surface area contributed by atoms with Crippen molar-refractivity contribution in [3.05, 3.63) is 71.6 Å². The molecule has 0 aliphatic carbocycles. The van der Waals surface area contributed by atoms with Crippen LogP contribution in [0.4, 0.5) is 20.2 Å². The van der Waals surface area contributed by atoms with Crippen LogP contribution >= 0.6 is 0 Å². The van der Waals surface area contributed by atoms with Gasteiger partial charge in [0.05, 0.1) is 23.0 Å². The molecule has 1 aliphatic rings. The van der Waals surface area contributed by atoms with E-state index in [9.17, 15) is 18.8 Å². The van der Waals surface area contributed by atoms with Crippen molar-refractivity contribution in [3.8, 4) is 11.8 Å². The molecule has 1 amide bonds. The second-order valence-electron chi connectivity index (χ2n) is 7.55. The highest BCUT2D eigenvalue weighted by atomic mass is 19.1. The third kappa shape index (κ3) is 4.70. The summed E-state index contributed by atoms with van der Waals surface area (Å²) in [6.07, 6.45) is 2.70. The van der Waals surface area contributed by atoms with Crippen molar-refractivity contribution >= 4 is 17.3 Å². The van der Waals surface area contributed by atoms with Crippen LogP contribution in [-0.2, 0) is 7.05 Å². The number of aryl methyl sites for hydroxylation is 1. The molecule has 2 aromatic carbocycles. The van der Waals surface area contributed by atoms with Crippen LogP contribution in [0.3, 0.4) is 0 Å². The number of halogens is 2. The normalized spacial score (nSPS) is 14.1. The Bertz CT molecular complexity index is 1180. The van der Waals surface area contributed by atoms with Crippen molar-refractivity contribution in [1.29, 1.82) is 5.26 Å². The molecule has 4 rings (SSSR count). The van der Waals surface area contributed by atoms with Crippen LogP contribution in [0.1, 0.15) is 28.9 Å². The molecular formula is C23H21F2N5O2. The maximum Gasteiger partial charge on any atom is 0.276 e. The third-order valence-corrected chi connectivity index (χ3v) is 5.29. The summed E-state index contributed by atoms with van der Waals surface area (Å²) in [7, 11) is 1.72. The molecule has 0 unspecified atom stereocenters. The molecule has 0 spiro atoms. The van der Waals surface area contributed by atoms with Gasteiger partial charge in [0.2, 0.25) is 0 Å². The van der Waals surface area contributed by atoms with Gasteiger partial charge in [0, 0.05) is 45.2 Å². The summed E-state index contributed by atoms with van der Waals surface area (Å²) in [6.45, 7) is 1.21. The predicted octanol–water partition coefficient (Wildman–Crippen LogP) is 3.87. The Kier molecular flexibility index (Phi) is 6.03. The van der Waals surface area contributed by atoms with Crippen molar-refractivity contribution in [3.63, 3.8) is 0 Å². The van der Waals surface area contributed by atoms with Crippen LogP contribution in [-0.4, -0.2) is 34.9 Å². The monoisotopic (exact) mass is 437 g/mol. The van der Waals surface area contributed by atoms with E-state index in [-0.39, 0.29) is 23.5 Å². The zero-order chi connectivity index (χ0) is 22.7. The first-order chi connectivity index (χ1) is 15.4. The molecule has 0 saturated carbocycles. The molecule has 2 heterocycles. The Labute approximate surface area is 183 Å². The number of nitriles is 1. The smallest absolute Gasteiger partial charge is 0.276 e. The molecule has 0 atom stereocenters. The molecule has 32 heavy (non-hydrogen) atoms. The third-order valence-electron chi connectivity index (χ3n) is 5.29. The van der Waals surface area contributed by atoms with E-state index in [1.165, 1.54) is 16.8 Å².